The Morgan fingerprint density at radius 2 is 2.06 bits per heavy atom. The summed E-state index contributed by atoms with van der Waals surface area (Å²) < 4.78 is 0. The molecule has 94 valence electrons. The normalized spacial score (nSPS) is 10.3. The molecule has 1 aromatic heterocycles. The highest BCUT2D eigenvalue weighted by atomic mass is 32.1. The van der Waals surface area contributed by atoms with Gasteiger partial charge in [-0.05, 0) is 30.0 Å². The van der Waals surface area contributed by atoms with Crippen LogP contribution < -0.4 is 10.6 Å². The summed E-state index contributed by atoms with van der Waals surface area (Å²) in [7, 11) is 0. The van der Waals surface area contributed by atoms with E-state index in [-0.39, 0.29) is 5.91 Å². The number of thiophene rings is 1. The van der Waals surface area contributed by atoms with Crippen LogP contribution in [0.5, 0.6) is 0 Å². The van der Waals surface area contributed by atoms with Gasteiger partial charge in [-0.1, -0.05) is 24.3 Å². The first-order valence-electron chi connectivity index (χ1n) is 5.84. The number of carbonyl (C=O) groups excluding carboxylic acids is 1. The molecular formula is C14H16N2OS. The molecule has 0 saturated carbocycles. The van der Waals surface area contributed by atoms with Crippen LogP contribution in [0.15, 0.2) is 41.8 Å². The van der Waals surface area contributed by atoms with Gasteiger partial charge in [-0.25, -0.2) is 0 Å². The van der Waals surface area contributed by atoms with Crippen molar-refractivity contribution >= 4 is 22.9 Å². The first-order valence-corrected chi connectivity index (χ1v) is 6.72. The zero-order valence-corrected chi connectivity index (χ0v) is 11.1. The topological polar surface area (TPSA) is 41.1 Å². The molecule has 0 saturated heterocycles. The molecule has 2 rings (SSSR count). The third-order valence-electron chi connectivity index (χ3n) is 2.58. The Morgan fingerprint density at radius 3 is 2.78 bits per heavy atom. The molecule has 0 atom stereocenters. The van der Waals surface area contributed by atoms with E-state index in [1.165, 1.54) is 4.88 Å². The number of hydrogen-bond acceptors (Lipinski definition) is 3. The predicted molar refractivity (Wildman–Crippen MR) is 75.8 cm³/mol. The lowest BCUT2D eigenvalue weighted by Gasteiger charge is -2.08. The van der Waals surface area contributed by atoms with Gasteiger partial charge >= 0.3 is 0 Å². The van der Waals surface area contributed by atoms with E-state index in [4.69, 9.17) is 0 Å². The summed E-state index contributed by atoms with van der Waals surface area (Å²) in [5.41, 5.74) is 1.95. The summed E-state index contributed by atoms with van der Waals surface area (Å²) >= 11 is 1.69. The maximum atomic E-state index is 11.7. The molecule has 1 aromatic carbocycles. The second kappa shape index (κ2) is 6.33. The molecule has 0 radical (unpaired) electrons. The number of nitrogens with one attached hydrogen (secondary N) is 2. The van der Waals surface area contributed by atoms with E-state index in [0.29, 0.717) is 6.54 Å². The molecule has 0 spiro atoms. The highest BCUT2D eigenvalue weighted by molar-refractivity contribution is 7.09. The fourth-order valence-electron chi connectivity index (χ4n) is 1.62. The van der Waals surface area contributed by atoms with Crippen LogP contribution in [0.3, 0.4) is 0 Å². The molecule has 1 heterocycles. The first kappa shape index (κ1) is 12.8. The lowest BCUT2D eigenvalue weighted by molar-refractivity contribution is -0.115. The summed E-state index contributed by atoms with van der Waals surface area (Å²) in [4.78, 5) is 13.0. The number of aryl methyl sites for hydroxylation is 1. The van der Waals surface area contributed by atoms with Gasteiger partial charge in [-0.3, -0.25) is 4.79 Å². The van der Waals surface area contributed by atoms with Crippen LogP contribution >= 0.6 is 11.3 Å². The Labute approximate surface area is 111 Å². The molecule has 0 aliphatic heterocycles. The molecule has 1 amide bonds. The zero-order valence-electron chi connectivity index (χ0n) is 10.3. The van der Waals surface area contributed by atoms with E-state index in [2.05, 4.69) is 16.7 Å². The summed E-state index contributed by atoms with van der Waals surface area (Å²) in [6.07, 6.45) is 0. The number of hydrogen-bond donors (Lipinski definition) is 2. The van der Waals surface area contributed by atoms with Crippen LogP contribution in [0.1, 0.15) is 10.4 Å². The second-order valence-corrected chi connectivity index (χ2v) is 5.08. The summed E-state index contributed by atoms with van der Waals surface area (Å²) in [6, 6.07) is 11.8. The summed E-state index contributed by atoms with van der Waals surface area (Å²) in [5, 5.41) is 8.05. The first-order chi connectivity index (χ1) is 8.75. The van der Waals surface area contributed by atoms with Crippen LogP contribution in [-0.2, 0) is 11.3 Å². The van der Waals surface area contributed by atoms with Gasteiger partial charge in [0.05, 0.1) is 6.54 Å². The summed E-state index contributed by atoms with van der Waals surface area (Å²) in [6.45, 7) is 3.04. The van der Waals surface area contributed by atoms with Crippen molar-refractivity contribution in [3.63, 3.8) is 0 Å². The molecule has 0 aliphatic carbocycles. The van der Waals surface area contributed by atoms with E-state index in [9.17, 15) is 4.79 Å². The Balaban J connectivity index is 1.77. The molecule has 2 aromatic rings. The number of benzene rings is 1. The lowest BCUT2D eigenvalue weighted by Crippen LogP contribution is -2.27. The van der Waals surface area contributed by atoms with Crippen LogP contribution in [0.2, 0.25) is 0 Å². The van der Waals surface area contributed by atoms with Crippen LogP contribution in [0.25, 0.3) is 0 Å². The van der Waals surface area contributed by atoms with Gasteiger partial charge in [0.2, 0.25) is 5.91 Å². The maximum Gasteiger partial charge on any atom is 0.238 e. The molecular weight excluding hydrogens is 244 g/mol. The van der Waals surface area contributed by atoms with Crippen LogP contribution in [-0.4, -0.2) is 12.5 Å². The Bertz CT molecular complexity index is 508. The number of amides is 1. The fraction of sp³-hybridized carbons (Fsp3) is 0.214. The lowest BCUT2D eigenvalue weighted by atomic mass is 10.2. The third-order valence-corrected chi connectivity index (χ3v) is 3.46. The maximum absolute atomic E-state index is 11.7. The van der Waals surface area contributed by atoms with Crippen molar-refractivity contribution in [1.29, 1.82) is 0 Å². The van der Waals surface area contributed by atoms with Crippen molar-refractivity contribution in [2.75, 3.05) is 11.9 Å². The minimum Gasteiger partial charge on any atom is -0.325 e. The van der Waals surface area contributed by atoms with Gasteiger partial charge in [-0.2, -0.15) is 0 Å². The molecule has 0 fully saturated rings. The fourth-order valence-corrected chi connectivity index (χ4v) is 2.29. The van der Waals surface area contributed by atoms with Crippen LogP contribution in [0.4, 0.5) is 5.69 Å². The van der Waals surface area contributed by atoms with Gasteiger partial charge in [-0.15, -0.1) is 11.3 Å². The molecule has 2 N–H and O–H groups in total. The average Bonchev–Trinajstić information content (AvgIpc) is 2.85. The molecule has 0 unspecified atom stereocenters. The summed E-state index contributed by atoms with van der Waals surface area (Å²) in [5.74, 6) is -0.0131. The van der Waals surface area contributed by atoms with Gasteiger partial charge in [0, 0.05) is 17.1 Å². The number of anilines is 1. The SMILES string of the molecule is Cc1ccccc1NC(=O)CNCc1cccs1. The zero-order chi connectivity index (χ0) is 12.8. The van der Waals surface area contributed by atoms with Gasteiger partial charge in [0.1, 0.15) is 0 Å². The Hall–Kier alpha value is -1.65. The minimum atomic E-state index is -0.0131. The number of carbonyl (C=O) groups is 1. The van der Waals surface area contributed by atoms with Gasteiger partial charge < -0.3 is 10.6 Å². The third kappa shape index (κ3) is 3.68. The van der Waals surface area contributed by atoms with Crippen LogP contribution in [0, 0.1) is 6.92 Å². The standard InChI is InChI=1S/C14H16N2OS/c1-11-5-2-3-7-13(11)16-14(17)10-15-9-12-6-4-8-18-12/h2-8,15H,9-10H2,1H3,(H,16,17). The van der Waals surface area contributed by atoms with Crippen molar-refractivity contribution in [3.05, 3.63) is 52.2 Å². The molecule has 18 heavy (non-hydrogen) atoms. The van der Waals surface area contributed by atoms with E-state index in [1.54, 1.807) is 11.3 Å². The molecule has 0 aliphatic rings. The van der Waals surface area contributed by atoms with Gasteiger partial charge in [0.25, 0.3) is 0 Å². The van der Waals surface area contributed by atoms with Crippen molar-refractivity contribution in [2.45, 2.75) is 13.5 Å². The van der Waals surface area contributed by atoms with Crippen molar-refractivity contribution in [1.82, 2.24) is 5.32 Å². The largest absolute Gasteiger partial charge is 0.325 e. The molecule has 3 nitrogen and oxygen atoms in total. The molecule has 0 bridgehead atoms. The number of para-hydroxylation sites is 1. The number of rotatable bonds is 5. The van der Waals surface area contributed by atoms with Crippen molar-refractivity contribution in [3.8, 4) is 0 Å². The highest BCUT2D eigenvalue weighted by Gasteiger charge is 2.03. The van der Waals surface area contributed by atoms with Crippen molar-refractivity contribution in [2.24, 2.45) is 0 Å². The molecule has 4 heteroatoms. The highest BCUT2D eigenvalue weighted by Crippen LogP contribution is 2.12. The van der Waals surface area contributed by atoms with Crippen molar-refractivity contribution < 1.29 is 4.79 Å². The van der Waals surface area contributed by atoms with E-state index in [1.807, 2.05) is 42.6 Å². The average molecular weight is 260 g/mol. The Morgan fingerprint density at radius 1 is 1.22 bits per heavy atom. The second-order valence-electron chi connectivity index (χ2n) is 4.05. The van der Waals surface area contributed by atoms with E-state index >= 15 is 0 Å². The monoisotopic (exact) mass is 260 g/mol. The van der Waals surface area contributed by atoms with E-state index in [0.717, 1.165) is 17.8 Å². The quantitative estimate of drug-likeness (QED) is 0.868. The smallest absolute Gasteiger partial charge is 0.238 e. The predicted octanol–water partition coefficient (Wildman–Crippen LogP) is 2.78. The minimum absolute atomic E-state index is 0.0131. The van der Waals surface area contributed by atoms with Gasteiger partial charge in [0.15, 0.2) is 0 Å². The van der Waals surface area contributed by atoms with E-state index < -0.39 is 0 Å². The Kier molecular flexibility index (Phi) is 4.50.